The van der Waals surface area contributed by atoms with Crippen LogP contribution < -0.4 is 0 Å². The second-order valence-corrected chi connectivity index (χ2v) is 6.41. The Kier molecular flexibility index (Phi) is 5.14. The van der Waals surface area contributed by atoms with E-state index in [0.717, 1.165) is 15.7 Å². The van der Waals surface area contributed by atoms with Crippen LogP contribution in [0.5, 0.6) is 0 Å². The fourth-order valence-electron chi connectivity index (χ4n) is 2.72. The van der Waals surface area contributed by atoms with Crippen LogP contribution in [0.15, 0.2) is 71.3 Å². The van der Waals surface area contributed by atoms with Crippen molar-refractivity contribution in [1.29, 1.82) is 0 Å². The summed E-state index contributed by atoms with van der Waals surface area (Å²) < 4.78 is 2.66. The number of hydrogen-bond acceptors (Lipinski definition) is 2. The van der Waals surface area contributed by atoms with E-state index in [0.29, 0.717) is 17.7 Å². The van der Waals surface area contributed by atoms with Gasteiger partial charge in [0.1, 0.15) is 0 Å². The number of nitrogens with zero attached hydrogens (tertiary/aromatic N) is 2. The van der Waals surface area contributed by atoms with Gasteiger partial charge in [0.05, 0.1) is 17.0 Å². The highest BCUT2D eigenvalue weighted by atomic mass is 79.9. The summed E-state index contributed by atoms with van der Waals surface area (Å²) in [6.45, 7) is 1.93. The Morgan fingerprint density at radius 2 is 1.76 bits per heavy atom. The maximum atomic E-state index is 11.9. The molecule has 0 saturated heterocycles. The molecule has 0 amide bonds. The van der Waals surface area contributed by atoms with E-state index in [1.807, 2.05) is 61.7 Å². The lowest BCUT2D eigenvalue weighted by Gasteiger charge is -2.11. The Bertz CT molecular complexity index is 912. The van der Waals surface area contributed by atoms with E-state index in [4.69, 9.17) is 0 Å². The predicted molar refractivity (Wildman–Crippen MR) is 103 cm³/mol. The number of aliphatic carboxylic acids is 1. The molecule has 0 aliphatic carbocycles. The minimum Gasteiger partial charge on any atom is -0.478 e. The van der Waals surface area contributed by atoms with E-state index < -0.39 is 5.97 Å². The summed E-state index contributed by atoms with van der Waals surface area (Å²) >= 11 is 3.42. The summed E-state index contributed by atoms with van der Waals surface area (Å²) in [5, 5.41) is 14.3. The lowest BCUT2D eigenvalue weighted by atomic mass is 10.0. The monoisotopic (exact) mass is 396 g/mol. The standard InChI is InChI=1S/C20H17BrN2O2/c1-2-18(19(20(24)25)15-6-4-3-5-7-15)23-13-12-17(22-23)14-8-10-16(21)11-9-14/h3-13H,2H2,1H3,(H,24,25)/b19-18-. The van der Waals surface area contributed by atoms with Crippen molar-refractivity contribution >= 4 is 33.2 Å². The lowest BCUT2D eigenvalue weighted by Crippen LogP contribution is -2.08. The zero-order valence-electron chi connectivity index (χ0n) is 13.7. The molecule has 1 N–H and O–H groups in total. The van der Waals surface area contributed by atoms with Gasteiger partial charge in [-0.1, -0.05) is 65.3 Å². The zero-order chi connectivity index (χ0) is 17.8. The van der Waals surface area contributed by atoms with Gasteiger partial charge in [-0.2, -0.15) is 5.10 Å². The normalized spacial score (nSPS) is 11.9. The lowest BCUT2D eigenvalue weighted by molar-refractivity contribution is -0.130. The minimum atomic E-state index is -0.955. The minimum absolute atomic E-state index is 0.272. The van der Waals surface area contributed by atoms with E-state index in [1.54, 1.807) is 16.8 Å². The third-order valence-electron chi connectivity index (χ3n) is 3.91. The molecule has 2 aromatic carbocycles. The molecule has 0 fully saturated rings. The van der Waals surface area contributed by atoms with Gasteiger partial charge in [-0.3, -0.25) is 0 Å². The van der Waals surface area contributed by atoms with E-state index in [-0.39, 0.29) is 5.57 Å². The second-order valence-electron chi connectivity index (χ2n) is 5.50. The van der Waals surface area contributed by atoms with Crippen LogP contribution in [0.4, 0.5) is 0 Å². The molecular formula is C20H17BrN2O2. The van der Waals surface area contributed by atoms with Crippen molar-refractivity contribution in [2.24, 2.45) is 0 Å². The molecule has 0 unspecified atom stereocenters. The molecule has 25 heavy (non-hydrogen) atoms. The molecule has 0 aliphatic heterocycles. The Balaban J connectivity index is 2.08. The van der Waals surface area contributed by atoms with Crippen molar-refractivity contribution in [1.82, 2.24) is 9.78 Å². The van der Waals surface area contributed by atoms with Gasteiger partial charge in [0, 0.05) is 16.2 Å². The predicted octanol–water partition coefficient (Wildman–Crippen LogP) is 5.18. The fraction of sp³-hybridized carbons (Fsp3) is 0.100. The van der Waals surface area contributed by atoms with Crippen molar-refractivity contribution in [3.05, 3.63) is 76.9 Å². The molecule has 0 atom stereocenters. The number of aromatic nitrogens is 2. The molecular weight excluding hydrogens is 380 g/mol. The number of hydrogen-bond donors (Lipinski definition) is 1. The summed E-state index contributed by atoms with van der Waals surface area (Å²) in [6, 6.07) is 18.9. The molecule has 0 spiro atoms. The molecule has 0 radical (unpaired) electrons. The number of carboxylic acids is 1. The number of allylic oxidation sites excluding steroid dienone is 1. The van der Waals surface area contributed by atoms with Crippen LogP contribution in [0.3, 0.4) is 0 Å². The molecule has 1 aromatic heterocycles. The highest BCUT2D eigenvalue weighted by Crippen LogP contribution is 2.26. The van der Waals surface area contributed by atoms with Gasteiger partial charge >= 0.3 is 5.97 Å². The maximum absolute atomic E-state index is 11.9. The first-order valence-corrected chi connectivity index (χ1v) is 8.73. The molecule has 0 saturated carbocycles. The number of halogens is 1. The van der Waals surface area contributed by atoms with Crippen LogP contribution in [0.25, 0.3) is 22.5 Å². The summed E-state index contributed by atoms with van der Waals surface area (Å²) in [7, 11) is 0. The molecule has 3 rings (SSSR count). The van der Waals surface area contributed by atoms with Crippen molar-refractivity contribution < 1.29 is 9.90 Å². The van der Waals surface area contributed by atoms with Crippen LogP contribution >= 0.6 is 15.9 Å². The third-order valence-corrected chi connectivity index (χ3v) is 4.43. The number of carbonyl (C=O) groups is 1. The summed E-state index contributed by atoms with van der Waals surface area (Å²) in [4.78, 5) is 11.9. The van der Waals surface area contributed by atoms with E-state index in [9.17, 15) is 9.90 Å². The number of rotatable bonds is 5. The highest BCUT2D eigenvalue weighted by Gasteiger charge is 2.18. The van der Waals surface area contributed by atoms with Gasteiger partial charge in [-0.25, -0.2) is 9.48 Å². The number of benzene rings is 2. The van der Waals surface area contributed by atoms with Gasteiger partial charge in [-0.05, 0) is 30.2 Å². The van der Waals surface area contributed by atoms with Crippen molar-refractivity contribution in [2.75, 3.05) is 0 Å². The van der Waals surface area contributed by atoms with E-state index >= 15 is 0 Å². The Morgan fingerprint density at radius 1 is 1.08 bits per heavy atom. The van der Waals surface area contributed by atoms with Crippen LogP contribution in [0.2, 0.25) is 0 Å². The molecule has 126 valence electrons. The number of carboxylic acid groups (broad SMARTS) is 1. The maximum Gasteiger partial charge on any atom is 0.338 e. The first-order valence-electron chi connectivity index (χ1n) is 7.94. The average molecular weight is 397 g/mol. The van der Waals surface area contributed by atoms with Gasteiger partial charge in [-0.15, -0.1) is 0 Å². The molecule has 4 nitrogen and oxygen atoms in total. The fourth-order valence-corrected chi connectivity index (χ4v) is 2.98. The molecule has 1 heterocycles. The SMILES string of the molecule is CC/C(=C(/C(=O)O)c1ccccc1)n1ccc(-c2ccc(Br)cc2)n1. The van der Waals surface area contributed by atoms with E-state index in [1.165, 1.54) is 0 Å². The highest BCUT2D eigenvalue weighted by molar-refractivity contribution is 9.10. The smallest absolute Gasteiger partial charge is 0.338 e. The third kappa shape index (κ3) is 3.72. The zero-order valence-corrected chi connectivity index (χ0v) is 15.3. The Morgan fingerprint density at radius 3 is 2.36 bits per heavy atom. The Hall–Kier alpha value is -2.66. The summed E-state index contributed by atoms with van der Waals surface area (Å²) in [5.41, 5.74) is 3.38. The quantitative estimate of drug-likeness (QED) is 0.604. The topological polar surface area (TPSA) is 55.1 Å². The van der Waals surface area contributed by atoms with Crippen molar-refractivity contribution in [3.63, 3.8) is 0 Å². The van der Waals surface area contributed by atoms with E-state index in [2.05, 4.69) is 21.0 Å². The second kappa shape index (κ2) is 7.49. The Labute approximate surface area is 154 Å². The largest absolute Gasteiger partial charge is 0.478 e. The average Bonchev–Trinajstić information content (AvgIpc) is 3.10. The van der Waals surface area contributed by atoms with Crippen molar-refractivity contribution in [2.45, 2.75) is 13.3 Å². The molecule has 0 aliphatic rings. The summed E-state index contributed by atoms with van der Waals surface area (Å²) in [5.74, 6) is -0.955. The molecule has 5 heteroatoms. The first kappa shape index (κ1) is 17.2. The summed E-state index contributed by atoms with van der Waals surface area (Å²) in [6.07, 6.45) is 2.36. The van der Waals surface area contributed by atoms with Gasteiger partial charge in [0.15, 0.2) is 0 Å². The van der Waals surface area contributed by atoms with Gasteiger partial charge < -0.3 is 5.11 Å². The van der Waals surface area contributed by atoms with Gasteiger partial charge in [0.25, 0.3) is 0 Å². The first-order chi connectivity index (χ1) is 12.1. The van der Waals surface area contributed by atoms with Gasteiger partial charge in [0.2, 0.25) is 0 Å². The van der Waals surface area contributed by atoms with Crippen LogP contribution in [-0.4, -0.2) is 20.9 Å². The van der Waals surface area contributed by atoms with Crippen LogP contribution in [0, 0.1) is 0 Å². The van der Waals surface area contributed by atoms with Crippen LogP contribution in [-0.2, 0) is 4.79 Å². The van der Waals surface area contributed by atoms with Crippen LogP contribution in [0.1, 0.15) is 18.9 Å². The molecule has 0 bridgehead atoms. The van der Waals surface area contributed by atoms with Crippen molar-refractivity contribution in [3.8, 4) is 11.3 Å². The molecule has 3 aromatic rings.